The van der Waals surface area contributed by atoms with Crippen LogP contribution in [-0.4, -0.2) is 20.8 Å². The van der Waals surface area contributed by atoms with Gasteiger partial charge in [-0.2, -0.15) is 0 Å². The predicted molar refractivity (Wildman–Crippen MR) is 111 cm³/mol. The molecule has 0 saturated carbocycles. The van der Waals surface area contributed by atoms with Gasteiger partial charge in [0.25, 0.3) is 0 Å². The first-order valence-corrected chi connectivity index (χ1v) is 9.88. The molecule has 4 rings (SSSR count). The van der Waals surface area contributed by atoms with E-state index < -0.39 is 6.10 Å². The van der Waals surface area contributed by atoms with Crippen LogP contribution in [0.3, 0.4) is 0 Å². The SMILES string of the molecule is N=c1[nH]cccc1CC(O)Cn1c2ccc(Br)cc2c2cc(Br)ccc21. The third-order valence-electron chi connectivity index (χ3n) is 4.58. The van der Waals surface area contributed by atoms with Gasteiger partial charge in [-0.05, 0) is 48.0 Å². The van der Waals surface area contributed by atoms with Crippen LogP contribution in [0.25, 0.3) is 21.8 Å². The minimum Gasteiger partial charge on any atom is -0.391 e. The average molecular weight is 475 g/mol. The zero-order valence-electron chi connectivity index (χ0n) is 13.8. The zero-order valence-corrected chi connectivity index (χ0v) is 17.0. The molecular formula is C20H17Br2N3O. The molecule has 2 heterocycles. The third-order valence-corrected chi connectivity index (χ3v) is 5.57. The van der Waals surface area contributed by atoms with Crippen molar-refractivity contribution in [1.29, 1.82) is 5.41 Å². The topological polar surface area (TPSA) is 64.8 Å². The zero-order chi connectivity index (χ0) is 18.3. The van der Waals surface area contributed by atoms with Crippen LogP contribution < -0.4 is 5.49 Å². The van der Waals surface area contributed by atoms with Gasteiger partial charge in [0, 0.05) is 49.9 Å². The van der Waals surface area contributed by atoms with Gasteiger partial charge in [-0.1, -0.05) is 37.9 Å². The molecule has 2 aromatic carbocycles. The lowest BCUT2D eigenvalue weighted by molar-refractivity contribution is 0.156. The number of H-pyrrole nitrogens is 1. The largest absolute Gasteiger partial charge is 0.391 e. The highest BCUT2D eigenvalue weighted by molar-refractivity contribution is 9.10. The first-order valence-electron chi connectivity index (χ1n) is 8.29. The summed E-state index contributed by atoms with van der Waals surface area (Å²) in [5, 5.41) is 20.9. The summed E-state index contributed by atoms with van der Waals surface area (Å²) in [7, 11) is 0. The molecule has 0 aliphatic rings. The van der Waals surface area contributed by atoms with E-state index in [-0.39, 0.29) is 0 Å². The molecule has 4 nitrogen and oxygen atoms in total. The lowest BCUT2D eigenvalue weighted by atomic mass is 10.1. The standard InChI is InChI=1S/C20H17Br2N3O/c21-13-3-5-18-16(9-13)17-10-14(22)4-6-19(17)25(18)11-15(26)8-12-2-1-7-24-20(12)23/h1-7,9-10,15,26H,8,11H2,(H2,23,24). The number of benzene rings is 2. The Morgan fingerprint density at radius 1 is 1.00 bits per heavy atom. The van der Waals surface area contributed by atoms with Crippen molar-refractivity contribution in [2.45, 2.75) is 19.1 Å². The van der Waals surface area contributed by atoms with E-state index in [2.05, 4.69) is 65.7 Å². The molecule has 0 fully saturated rings. The van der Waals surface area contributed by atoms with Gasteiger partial charge in [0.15, 0.2) is 0 Å². The second-order valence-corrected chi connectivity index (χ2v) is 8.19. The second-order valence-electron chi connectivity index (χ2n) is 6.36. The Morgan fingerprint density at radius 2 is 1.62 bits per heavy atom. The van der Waals surface area contributed by atoms with Crippen molar-refractivity contribution in [3.05, 3.63) is 74.7 Å². The minimum atomic E-state index is -0.582. The fourth-order valence-corrected chi connectivity index (χ4v) is 4.14. The Morgan fingerprint density at radius 3 is 2.19 bits per heavy atom. The molecule has 1 atom stereocenters. The van der Waals surface area contributed by atoms with Gasteiger partial charge in [0.2, 0.25) is 0 Å². The lowest BCUT2D eigenvalue weighted by Gasteiger charge is -2.14. The van der Waals surface area contributed by atoms with Crippen LogP contribution in [0.4, 0.5) is 0 Å². The van der Waals surface area contributed by atoms with Gasteiger partial charge >= 0.3 is 0 Å². The summed E-state index contributed by atoms with van der Waals surface area (Å²) in [5.74, 6) is 0. The molecule has 0 radical (unpaired) electrons. The van der Waals surface area contributed by atoms with Crippen molar-refractivity contribution < 1.29 is 5.11 Å². The summed E-state index contributed by atoms with van der Waals surface area (Å²) in [6, 6.07) is 16.2. The summed E-state index contributed by atoms with van der Waals surface area (Å²) in [4.78, 5) is 2.87. The fourth-order valence-electron chi connectivity index (χ4n) is 3.42. The highest BCUT2D eigenvalue weighted by Crippen LogP contribution is 2.33. The number of hydrogen-bond donors (Lipinski definition) is 3. The summed E-state index contributed by atoms with van der Waals surface area (Å²) in [6.45, 7) is 0.470. The van der Waals surface area contributed by atoms with E-state index in [0.29, 0.717) is 18.5 Å². The molecule has 0 saturated heterocycles. The Balaban J connectivity index is 1.77. The quantitative estimate of drug-likeness (QED) is 0.393. The first-order chi connectivity index (χ1) is 12.5. The molecule has 26 heavy (non-hydrogen) atoms. The molecule has 0 aliphatic carbocycles. The van der Waals surface area contributed by atoms with Crippen molar-refractivity contribution in [3.8, 4) is 0 Å². The maximum absolute atomic E-state index is 10.7. The molecule has 132 valence electrons. The maximum atomic E-state index is 10.7. The Labute approximate surface area is 167 Å². The smallest absolute Gasteiger partial charge is 0.125 e. The van der Waals surface area contributed by atoms with Crippen molar-refractivity contribution in [1.82, 2.24) is 9.55 Å². The molecule has 0 aliphatic heterocycles. The highest BCUT2D eigenvalue weighted by Gasteiger charge is 2.15. The average Bonchev–Trinajstić information content (AvgIpc) is 2.89. The van der Waals surface area contributed by atoms with E-state index in [1.165, 1.54) is 0 Å². The second kappa shape index (κ2) is 7.02. The van der Waals surface area contributed by atoms with Crippen molar-refractivity contribution in [2.75, 3.05) is 0 Å². The Kier molecular flexibility index (Phi) is 4.73. The van der Waals surface area contributed by atoms with Crippen LogP contribution in [0.15, 0.2) is 63.7 Å². The van der Waals surface area contributed by atoms with E-state index in [9.17, 15) is 5.11 Å². The monoisotopic (exact) mass is 473 g/mol. The van der Waals surface area contributed by atoms with Crippen LogP contribution in [0.5, 0.6) is 0 Å². The van der Waals surface area contributed by atoms with E-state index in [4.69, 9.17) is 5.41 Å². The molecule has 0 amide bonds. The van der Waals surface area contributed by atoms with Crippen LogP contribution in [0.2, 0.25) is 0 Å². The van der Waals surface area contributed by atoms with Crippen LogP contribution in [0.1, 0.15) is 5.56 Å². The summed E-state index contributed by atoms with van der Waals surface area (Å²) >= 11 is 7.11. The molecule has 2 aromatic heterocycles. The summed E-state index contributed by atoms with van der Waals surface area (Å²) in [5.41, 5.74) is 3.34. The molecule has 0 bridgehead atoms. The number of hydrogen-bond acceptors (Lipinski definition) is 2. The number of pyridine rings is 1. The molecular weight excluding hydrogens is 458 g/mol. The minimum absolute atomic E-state index is 0.349. The molecule has 3 N–H and O–H groups in total. The van der Waals surface area contributed by atoms with Gasteiger partial charge in [-0.3, -0.25) is 5.41 Å². The number of aromatic amines is 1. The van der Waals surface area contributed by atoms with E-state index in [1.54, 1.807) is 6.20 Å². The maximum Gasteiger partial charge on any atom is 0.125 e. The number of aromatic nitrogens is 2. The number of rotatable bonds is 4. The number of aliphatic hydroxyl groups is 1. The Hall–Kier alpha value is -1.89. The number of nitrogens with one attached hydrogen (secondary N) is 2. The van der Waals surface area contributed by atoms with Crippen molar-refractivity contribution >= 4 is 53.7 Å². The highest BCUT2D eigenvalue weighted by atomic mass is 79.9. The molecule has 0 spiro atoms. The summed E-state index contributed by atoms with van der Waals surface area (Å²) < 4.78 is 4.22. The lowest BCUT2D eigenvalue weighted by Crippen LogP contribution is -2.23. The van der Waals surface area contributed by atoms with E-state index in [1.807, 2.05) is 24.3 Å². The first kappa shape index (κ1) is 17.5. The van der Waals surface area contributed by atoms with Gasteiger partial charge in [0.05, 0.1) is 6.10 Å². The molecule has 4 aromatic rings. The van der Waals surface area contributed by atoms with Crippen LogP contribution >= 0.6 is 31.9 Å². The number of nitrogens with zero attached hydrogens (tertiary/aromatic N) is 1. The van der Waals surface area contributed by atoms with Gasteiger partial charge < -0.3 is 14.7 Å². The summed E-state index contributed by atoms with van der Waals surface area (Å²) in [6.07, 6.45) is 1.58. The van der Waals surface area contributed by atoms with Gasteiger partial charge in [-0.15, -0.1) is 0 Å². The number of halogens is 2. The molecule has 6 heteroatoms. The van der Waals surface area contributed by atoms with E-state index >= 15 is 0 Å². The van der Waals surface area contributed by atoms with Gasteiger partial charge in [-0.25, -0.2) is 0 Å². The normalized spacial score (nSPS) is 12.7. The van der Waals surface area contributed by atoms with Crippen molar-refractivity contribution in [3.63, 3.8) is 0 Å². The molecule has 1 unspecified atom stereocenters. The Bertz CT molecular complexity index is 1100. The predicted octanol–water partition coefficient (Wildman–Crippen LogP) is 4.73. The van der Waals surface area contributed by atoms with Gasteiger partial charge in [0.1, 0.15) is 5.49 Å². The van der Waals surface area contributed by atoms with Crippen LogP contribution in [-0.2, 0) is 13.0 Å². The third kappa shape index (κ3) is 3.24. The van der Waals surface area contributed by atoms with E-state index in [0.717, 1.165) is 36.3 Å². The van der Waals surface area contributed by atoms with Crippen molar-refractivity contribution in [2.24, 2.45) is 0 Å². The van der Waals surface area contributed by atoms with Crippen LogP contribution in [0, 0.1) is 5.41 Å². The number of aliphatic hydroxyl groups excluding tert-OH is 1. The fraction of sp³-hybridized carbons (Fsp3) is 0.150. The number of fused-ring (bicyclic) bond motifs is 3.